The van der Waals surface area contributed by atoms with Crippen molar-refractivity contribution in [2.45, 2.75) is 13.5 Å². The van der Waals surface area contributed by atoms with Crippen LogP contribution >= 0.6 is 33.9 Å². The molecule has 3 heterocycles. The van der Waals surface area contributed by atoms with Gasteiger partial charge in [-0.25, -0.2) is 9.97 Å². The molecule has 9 nitrogen and oxygen atoms in total. The lowest BCUT2D eigenvalue weighted by Crippen LogP contribution is -2.34. The second-order valence-corrected chi connectivity index (χ2v) is 8.60. The van der Waals surface area contributed by atoms with E-state index in [1.807, 2.05) is 52.3 Å². The first kappa shape index (κ1) is 20.2. The van der Waals surface area contributed by atoms with Crippen molar-refractivity contribution >= 4 is 67.1 Å². The number of hydroxylamine groups is 1. The minimum Gasteiger partial charge on any atom is -0.506 e. The quantitative estimate of drug-likeness (QED) is 0.305. The Bertz CT molecular complexity index is 1350. The van der Waals surface area contributed by atoms with Crippen LogP contribution in [0.15, 0.2) is 41.3 Å². The summed E-state index contributed by atoms with van der Waals surface area (Å²) in [7, 11) is 0. The highest BCUT2D eigenvalue weighted by atomic mass is 127. The van der Waals surface area contributed by atoms with Gasteiger partial charge in [0.1, 0.15) is 16.4 Å². The molecule has 0 bridgehead atoms. The molecule has 4 aromatic rings. The summed E-state index contributed by atoms with van der Waals surface area (Å²) < 4.78 is 2.93. The Kier molecular flexibility index (Phi) is 5.39. The van der Waals surface area contributed by atoms with Crippen LogP contribution < -0.4 is 11.0 Å². The molecule has 1 amide bonds. The third kappa shape index (κ3) is 3.73. The lowest BCUT2D eigenvalue weighted by Gasteiger charge is -2.13. The predicted octanol–water partition coefficient (Wildman–Crippen LogP) is 2.57. The van der Waals surface area contributed by atoms with E-state index in [9.17, 15) is 19.5 Å². The minimum absolute atomic E-state index is 0.0520. The van der Waals surface area contributed by atoms with E-state index in [1.165, 1.54) is 15.9 Å². The summed E-state index contributed by atoms with van der Waals surface area (Å²) >= 11 is 3.42. The summed E-state index contributed by atoms with van der Waals surface area (Å²) in [4.78, 5) is 49.9. The third-order valence-corrected chi connectivity index (χ3v) is 5.80. The number of hydrogen-bond donors (Lipinski definition) is 2. The first-order valence-electron chi connectivity index (χ1n) is 8.58. The van der Waals surface area contributed by atoms with Crippen LogP contribution in [0.3, 0.4) is 0 Å². The fourth-order valence-electron chi connectivity index (χ4n) is 2.93. The SMILES string of the molecule is CC(=O)ONC(=O)c1c(O)c2cc(I)cnc2n(Cc2nc3ccccc3s2)c1=O. The van der Waals surface area contributed by atoms with Crippen LogP contribution in [-0.4, -0.2) is 31.5 Å². The molecule has 0 atom stereocenters. The van der Waals surface area contributed by atoms with Crippen LogP contribution in [0.25, 0.3) is 21.3 Å². The van der Waals surface area contributed by atoms with Gasteiger partial charge >= 0.3 is 5.97 Å². The molecule has 3 aromatic heterocycles. The molecule has 0 fully saturated rings. The number of rotatable bonds is 3. The second-order valence-electron chi connectivity index (χ2n) is 6.24. The van der Waals surface area contributed by atoms with E-state index in [0.717, 1.165) is 17.1 Å². The first-order valence-corrected chi connectivity index (χ1v) is 10.5. The Morgan fingerprint density at radius 3 is 2.83 bits per heavy atom. The van der Waals surface area contributed by atoms with Crippen molar-refractivity contribution in [2.75, 3.05) is 0 Å². The Labute approximate surface area is 186 Å². The van der Waals surface area contributed by atoms with Gasteiger partial charge < -0.3 is 9.94 Å². The van der Waals surface area contributed by atoms with Crippen LogP contribution in [0.1, 0.15) is 22.3 Å². The fourth-order valence-corrected chi connectivity index (χ4v) is 4.34. The maximum absolute atomic E-state index is 13.1. The number of amides is 1. The van der Waals surface area contributed by atoms with Gasteiger partial charge in [0.15, 0.2) is 5.56 Å². The van der Waals surface area contributed by atoms with Crippen molar-refractivity contribution in [3.8, 4) is 5.75 Å². The van der Waals surface area contributed by atoms with Gasteiger partial charge in [0, 0.05) is 16.7 Å². The van der Waals surface area contributed by atoms with Crippen LogP contribution in [0.2, 0.25) is 0 Å². The highest BCUT2D eigenvalue weighted by molar-refractivity contribution is 14.1. The maximum atomic E-state index is 13.1. The number of halogens is 1. The Morgan fingerprint density at radius 1 is 1.33 bits per heavy atom. The molecule has 4 rings (SSSR count). The van der Waals surface area contributed by atoms with Crippen molar-refractivity contribution in [1.82, 2.24) is 20.0 Å². The minimum atomic E-state index is -1.04. The first-order chi connectivity index (χ1) is 14.3. The summed E-state index contributed by atoms with van der Waals surface area (Å²) in [5, 5.41) is 11.5. The number of carbonyl (C=O) groups excluding carboxylic acids is 2. The summed E-state index contributed by atoms with van der Waals surface area (Å²) in [5.74, 6) is -2.34. The number of aromatic hydroxyl groups is 1. The lowest BCUT2D eigenvalue weighted by molar-refractivity contribution is -0.146. The third-order valence-electron chi connectivity index (χ3n) is 4.19. The van der Waals surface area contributed by atoms with Gasteiger partial charge in [0.25, 0.3) is 11.5 Å². The van der Waals surface area contributed by atoms with E-state index in [4.69, 9.17) is 0 Å². The zero-order chi connectivity index (χ0) is 21.4. The van der Waals surface area contributed by atoms with Gasteiger partial charge in [-0.05, 0) is 40.8 Å². The number of thiazole rings is 1. The zero-order valence-electron chi connectivity index (χ0n) is 15.4. The van der Waals surface area contributed by atoms with E-state index in [1.54, 1.807) is 12.3 Å². The Balaban J connectivity index is 1.89. The zero-order valence-corrected chi connectivity index (χ0v) is 18.4. The average Bonchev–Trinajstić information content (AvgIpc) is 3.12. The molecule has 0 radical (unpaired) electrons. The predicted molar refractivity (Wildman–Crippen MR) is 118 cm³/mol. The topological polar surface area (TPSA) is 123 Å². The molecule has 0 saturated carbocycles. The van der Waals surface area contributed by atoms with Crippen LogP contribution in [0.5, 0.6) is 5.75 Å². The smallest absolute Gasteiger partial charge is 0.329 e. The van der Waals surface area contributed by atoms with Crippen LogP contribution in [0.4, 0.5) is 0 Å². The van der Waals surface area contributed by atoms with Gasteiger partial charge in [-0.3, -0.25) is 19.0 Å². The molecule has 1 aromatic carbocycles. The van der Waals surface area contributed by atoms with Crippen molar-refractivity contribution in [2.24, 2.45) is 0 Å². The largest absolute Gasteiger partial charge is 0.506 e. The van der Waals surface area contributed by atoms with Crippen molar-refractivity contribution in [3.05, 3.63) is 61.0 Å². The normalized spacial score (nSPS) is 11.0. The van der Waals surface area contributed by atoms with Crippen molar-refractivity contribution < 1.29 is 19.5 Å². The van der Waals surface area contributed by atoms with E-state index in [-0.39, 0.29) is 17.6 Å². The van der Waals surface area contributed by atoms with Crippen LogP contribution in [-0.2, 0) is 16.2 Å². The number of nitrogens with zero attached hydrogens (tertiary/aromatic N) is 3. The van der Waals surface area contributed by atoms with E-state index in [2.05, 4.69) is 14.8 Å². The molecule has 0 unspecified atom stereocenters. The number of benzene rings is 1. The summed E-state index contributed by atoms with van der Waals surface area (Å²) in [6.07, 6.45) is 1.55. The molecule has 152 valence electrons. The van der Waals surface area contributed by atoms with Crippen LogP contribution in [0, 0.1) is 3.57 Å². The number of para-hydroxylation sites is 1. The number of carbonyl (C=O) groups is 2. The molecule has 2 N–H and O–H groups in total. The van der Waals surface area contributed by atoms with E-state index >= 15 is 0 Å². The number of hydrogen-bond acceptors (Lipinski definition) is 8. The maximum Gasteiger partial charge on any atom is 0.329 e. The summed E-state index contributed by atoms with van der Waals surface area (Å²) in [6, 6.07) is 9.16. The highest BCUT2D eigenvalue weighted by Crippen LogP contribution is 2.28. The second kappa shape index (κ2) is 7.99. The van der Waals surface area contributed by atoms with Crippen molar-refractivity contribution in [3.63, 3.8) is 0 Å². The van der Waals surface area contributed by atoms with Gasteiger partial charge in [0.05, 0.1) is 22.1 Å². The molecule has 30 heavy (non-hydrogen) atoms. The number of pyridine rings is 2. The molecular weight excluding hydrogens is 523 g/mol. The Morgan fingerprint density at radius 2 is 2.10 bits per heavy atom. The standard InChI is InChI=1S/C19H13IN4O5S/c1-9(25)29-23-18(27)15-16(26)11-6-10(20)7-21-17(11)24(19(15)28)8-14-22-12-4-2-3-5-13(12)30-14/h2-7,26H,8H2,1H3,(H,23,27). The van der Waals surface area contributed by atoms with Crippen molar-refractivity contribution in [1.29, 1.82) is 0 Å². The monoisotopic (exact) mass is 536 g/mol. The number of aromatic nitrogens is 3. The molecule has 0 saturated heterocycles. The molecule has 0 spiro atoms. The lowest BCUT2D eigenvalue weighted by atomic mass is 10.1. The van der Waals surface area contributed by atoms with Gasteiger partial charge in [-0.15, -0.1) is 11.3 Å². The van der Waals surface area contributed by atoms with E-state index in [0.29, 0.717) is 8.58 Å². The molecular formula is C19H13IN4O5S. The fraction of sp³-hybridized carbons (Fsp3) is 0.105. The van der Waals surface area contributed by atoms with Gasteiger partial charge in [0.2, 0.25) is 0 Å². The Hall–Kier alpha value is -3.06. The molecule has 0 aliphatic carbocycles. The number of nitrogens with one attached hydrogen (secondary N) is 1. The molecule has 11 heteroatoms. The summed E-state index contributed by atoms with van der Waals surface area (Å²) in [5.41, 5.74) is 1.55. The average molecular weight is 536 g/mol. The van der Waals surface area contributed by atoms with Gasteiger partial charge in [-0.2, -0.15) is 5.48 Å². The molecule has 0 aliphatic rings. The van der Waals surface area contributed by atoms with Gasteiger partial charge in [-0.1, -0.05) is 12.1 Å². The molecule has 0 aliphatic heterocycles. The number of fused-ring (bicyclic) bond motifs is 2. The van der Waals surface area contributed by atoms with E-state index < -0.39 is 28.7 Å². The summed E-state index contributed by atoms with van der Waals surface area (Å²) in [6.45, 7) is 1.15. The highest BCUT2D eigenvalue weighted by Gasteiger charge is 2.24.